The van der Waals surface area contributed by atoms with Crippen LogP contribution in [-0.2, 0) is 6.54 Å². The van der Waals surface area contributed by atoms with Crippen molar-refractivity contribution in [1.82, 2.24) is 20.1 Å². The lowest BCUT2D eigenvalue weighted by molar-refractivity contribution is -0.0498. The minimum Gasteiger partial charge on any atom is -0.435 e. The van der Waals surface area contributed by atoms with Crippen molar-refractivity contribution < 1.29 is 18.3 Å². The van der Waals surface area contributed by atoms with E-state index in [1.54, 1.807) is 28.9 Å². The monoisotopic (exact) mass is 406 g/mol. The molecule has 1 N–H and O–H groups in total. The van der Waals surface area contributed by atoms with Gasteiger partial charge in [0.25, 0.3) is 5.91 Å². The van der Waals surface area contributed by atoms with Crippen molar-refractivity contribution >= 4 is 17.5 Å². The molecular formula is C19H17ClF2N4O2. The third-order valence-electron chi connectivity index (χ3n) is 3.87. The van der Waals surface area contributed by atoms with Gasteiger partial charge < -0.3 is 10.1 Å². The molecule has 1 aromatic carbocycles. The molecule has 0 unspecified atom stereocenters. The standard InChI is InChI=1S/C19H17ClF2N4O2/c1-11-9-12(2)26(25-11)16-8-7-15(20)17(24-16)18(27)23-10-13-3-5-14(6-4-13)28-19(21)22/h3-9,19H,10H2,1-2H3,(H,23,27). The van der Waals surface area contributed by atoms with Crippen LogP contribution in [0.1, 0.15) is 27.4 Å². The lowest BCUT2D eigenvalue weighted by atomic mass is 10.2. The molecular weight excluding hydrogens is 390 g/mol. The molecule has 1 amide bonds. The van der Waals surface area contributed by atoms with E-state index < -0.39 is 12.5 Å². The number of nitrogens with zero attached hydrogens (tertiary/aromatic N) is 3. The zero-order chi connectivity index (χ0) is 20.3. The van der Waals surface area contributed by atoms with E-state index in [4.69, 9.17) is 11.6 Å². The van der Waals surface area contributed by atoms with E-state index in [0.717, 1.165) is 11.4 Å². The van der Waals surface area contributed by atoms with Crippen molar-refractivity contribution in [3.05, 3.63) is 70.1 Å². The zero-order valence-electron chi connectivity index (χ0n) is 15.1. The number of halogens is 3. The number of rotatable bonds is 6. The average molecular weight is 407 g/mol. The fourth-order valence-electron chi connectivity index (χ4n) is 2.62. The third-order valence-corrected chi connectivity index (χ3v) is 4.18. The van der Waals surface area contributed by atoms with Gasteiger partial charge in [-0.3, -0.25) is 4.79 Å². The van der Waals surface area contributed by atoms with Gasteiger partial charge in [-0.15, -0.1) is 0 Å². The lowest BCUT2D eigenvalue weighted by Gasteiger charge is -2.10. The number of amides is 1. The van der Waals surface area contributed by atoms with Gasteiger partial charge in [-0.25, -0.2) is 9.67 Å². The molecule has 0 aliphatic carbocycles. The Morgan fingerprint density at radius 3 is 2.54 bits per heavy atom. The molecule has 0 bridgehead atoms. The molecule has 9 heteroatoms. The predicted molar refractivity (Wildman–Crippen MR) is 100 cm³/mol. The molecule has 0 aliphatic rings. The number of carbonyl (C=O) groups excluding carboxylic acids is 1. The SMILES string of the molecule is Cc1cc(C)n(-c2ccc(Cl)c(C(=O)NCc3ccc(OC(F)F)cc3)n2)n1. The summed E-state index contributed by atoms with van der Waals surface area (Å²) in [5.41, 5.74) is 2.49. The van der Waals surface area contributed by atoms with Crippen LogP contribution in [0.4, 0.5) is 8.78 Å². The minimum atomic E-state index is -2.88. The van der Waals surface area contributed by atoms with Crippen LogP contribution in [0.5, 0.6) is 5.75 Å². The molecule has 3 aromatic rings. The lowest BCUT2D eigenvalue weighted by Crippen LogP contribution is -2.24. The summed E-state index contributed by atoms with van der Waals surface area (Å²) in [6.45, 7) is 1.05. The zero-order valence-corrected chi connectivity index (χ0v) is 15.9. The second-order valence-electron chi connectivity index (χ2n) is 6.04. The van der Waals surface area contributed by atoms with E-state index in [-0.39, 0.29) is 23.0 Å². The summed E-state index contributed by atoms with van der Waals surface area (Å²) >= 11 is 6.13. The highest BCUT2D eigenvalue weighted by Crippen LogP contribution is 2.18. The van der Waals surface area contributed by atoms with E-state index in [9.17, 15) is 13.6 Å². The number of ether oxygens (including phenoxy) is 1. The normalized spacial score (nSPS) is 10.9. The van der Waals surface area contributed by atoms with E-state index >= 15 is 0 Å². The van der Waals surface area contributed by atoms with Crippen LogP contribution in [0, 0.1) is 13.8 Å². The minimum absolute atomic E-state index is 0.0485. The van der Waals surface area contributed by atoms with Crippen LogP contribution < -0.4 is 10.1 Å². The van der Waals surface area contributed by atoms with Gasteiger partial charge in [0.1, 0.15) is 11.4 Å². The number of pyridine rings is 1. The Morgan fingerprint density at radius 1 is 1.21 bits per heavy atom. The van der Waals surface area contributed by atoms with Gasteiger partial charge in [0.05, 0.1) is 10.7 Å². The van der Waals surface area contributed by atoms with Gasteiger partial charge in [0.15, 0.2) is 5.82 Å². The van der Waals surface area contributed by atoms with Crippen molar-refractivity contribution in [2.24, 2.45) is 0 Å². The maximum Gasteiger partial charge on any atom is 0.387 e. The predicted octanol–water partition coefficient (Wildman–Crippen LogP) is 4.07. The third kappa shape index (κ3) is 4.64. The molecule has 2 aromatic heterocycles. The molecule has 2 heterocycles. The molecule has 3 rings (SSSR count). The molecule has 0 fully saturated rings. The number of alkyl halides is 2. The number of hydrogen-bond donors (Lipinski definition) is 1. The number of hydrogen-bond acceptors (Lipinski definition) is 4. The number of carbonyl (C=O) groups is 1. The number of aromatic nitrogens is 3. The number of benzene rings is 1. The molecule has 0 saturated heterocycles. The fraction of sp³-hybridized carbons (Fsp3) is 0.211. The van der Waals surface area contributed by atoms with Crippen molar-refractivity contribution in [2.75, 3.05) is 0 Å². The molecule has 0 saturated carbocycles. The van der Waals surface area contributed by atoms with Gasteiger partial charge in [-0.1, -0.05) is 23.7 Å². The average Bonchev–Trinajstić information content (AvgIpc) is 2.99. The quantitative estimate of drug-likeness (QED) is 0.670. The molecule has 0 spiro atoms. The van der Waals surface area contributed by atoms with Crippen molar-refractivity contribution in [3.63, 3.8) is 0 Å². The summed E-state index contributed by atoms with van der Waals surface area (Å²) in [7, 11) is 0. The molecule has 0 atom stereocenters. The van der Waals surface area contributed by atoms with Crippen molar-refractivity contribution in [1.29, 1.82) is 0 Å². The maximum atomic E-state index is 12.5. The van der Waals surface area contributed by atoms with Gasteiger partial charge in [0.2, 0.25) is 0 Å². The van der Waals surface area contributed by atoms with Crippen LogP contribution in [0.2, 0.25) is 5.02 Å². The highest BCUT2D eigenvalue weighted by atomic mass is 35.5. The Kier molecular flexibility index (Phi) is 5.89. The summed E-state index contributed by atoms with van der Waals surface area (Å²) in [6.07, 6.45) is 0. The van der Waals surface area contributed by atoms with E-state index in [1.165, 1.54) is 12.1 Å². The molecule has 0 radical (unpaired) electrons. The Morgan fingerprint density at radius 2 is 1.93 bits per heavy atom. The summed E-state index contributed by atoms with van der Waals surface area (Å²) in [4.78, 5) is 16.8. The summed E-state index contributed by atoms with van der Waals surface area (Å²) in [6, 6.07) is 11.1. The Hall–Kier alpha value is -3.00. The second kappa shape index (κ2) is 8.35. The smallest absolute Gasteiger partial charge is 0.387 e. The van der Waals surface area contributed by atoms with E-state index in [0.29, 0.717) is 11.4 Å². The first kappa shape index (κ1) is 19.8. The van der Waals surface area contributed by atoms with Crippen LogP contribution in [-0.4, -0.2) is 27.3 Å². The topological polar surface area (TPSA) is 69.0 Å². The first-order chi connectivity index (χ1) is 13.3. The largest absolute Gasteiger partial charge is 0.435 e. The van der Waals surface area contributed by atoms with Crippen molar-refractivity contribution in [3.8, 4) is 11.6 Å². The number of aryl methyl sites for hydroxylation is 2. The van der Waals surface area contributed by atoms with Gasteiger partial charge in [-0.05, 0) is 49.7 Å². The Labute approximate surface area is 165 Å². The van der Waals surface area contributed by atoms with Crippen LogP contribution >= 0.6 is 11.6 Å². The van der Waals surface area contributed by atoms with Crippen molar-refractivity contribution in [2.45, 2.75) is 27.0 Å². The highest BCUT2D eigenvalue weighted by molar-refractivity contribution is 6.33. The van der Waals surface area contributed by atoms with E-state index in [1.807, 2.05) is 19.9 Å². The van der Waals surface area contributed by atoms with Gasteiger partial charge >= 0.3 is 6.61 Å². The van der Waals surface area contributed by atoms with Gasteiger partial charge in [0, 0.05) is 12.2 Å². The molecule has 28 heavy (non-hydrogen) atoms. The summed E-state index contributed by atoms with van der Waals surface area (Å²) in [5, 5.41) is 7.27. The van der Waals surface area contributed by atoms with Crippen LogP contribution in [0.15, 0.2) is 42.5 Å². The van der Waals surface area contributed by atoms with Gasteiger partial charge in [-0.2, -0.15) is 13.9 Å². The second-order valence-corrected chi connectivity index (χ2v) is 6.45. The molecule has 6 nitrogen and oxygen atoms in total. The summed E-state index contributed by atoms with van der Waals surface area (Å²) in [5.74, 6) is 0.0716. The number of nitrogens with one attached hydrogen (secondary N) is 1. The molecule has 146 valence electrons. The first-order valence-electron chi connectivity index (χ1n) is 8.35. The van der Waals surface area contributed by atoms with Crippen LogP contribution in [0.3, 0.4) is 0 Å². The van der Waals surface area contributed by atoms with Crippen LogP contribution in [0.25, 0.3) is 5.82 Å². The fourth-order valence-corrected chi connectivity index (χ4v) is 2.82. The summed E-state index contributed by atoms with van der Waals surface area (Å²) < 4.78 is 30.3. The first-order valence-corrected chi connectivity index (χ1v) is 8.73. The Balaban J connectivity index is 1.72. The highest BCUT2D eigenvalue weighted by Gasteiger charge is 2.15. The molecule has 0 aliphatic heterocycles. The Bertz CT molecular complexity index is 990. The van der Waals surface area contributed by atoms with E-state index in [2.05, 4.69) is 20.1 Å². The maximum absolute atomic E-state index is 12.5.